The molecule has 2 aromatic rings. The molecular weight excluding hydrogens is 276 g/mol. The lowest BCUT2D eigenvalue weighted by Gasteiger charge is -2.10. The quantitative estimate of drug-likeness (QED) is 0.827. The number of aryl methyl sites for hydroxylation is 1. The molecule has 0 saturated carbocycles. The first-order valence-corrected chi connectivity index (χ1v) is 7.62. The Labute approximate surface area is 123 Å². The van der Waals surface area contributed by atoms with Gasteiger partial charge in [0.05, 0.1) is 6.10 Å². The summed E-state index contributed by atoms with van der Waals surface area (Å²) in [5.41, 5.74) is 2.36. The van der Waals surface area contributed by atoms with Gasteiger partial charge in [0.15, 0.2) is 0 Å². The van der Waals surface area contributed by atoms with E-state index < -0.39 is 0 Å². The summed E-state index contributed by atoms with van der Waals surface area (Å²) in [5.74, 6) is 0.700. The fourth-order valence-electron chi connectivity index (χ4n) is 1.85. The van der Waals surface area contributed by atoms with Gasteiger partial charge in [-0.2, -0.15) is 0 Å². The van der Waals surface area contributed by atoms with E-state index in [1.165, 1.54) is 10.5 Å². The SMILES string of the molecule is Cc1cccc(SCC(O)Cc2ccc(Cl)cc2)c1. The number of aliphatic hydroxyl groups excluding tert-OH is 1. The van der Waals surface area contributed by atoms with Gasteiger partial charge in [-0.15, -0.1) is 11.8 Å². The Morgan fingerprint density at radius 1 is 1.16 bits per heavy atom. The molecule has 0 aliphatic heterocycles. The third-order valence-electron chi connectivity index (χ3n) is 2.82. The zero-order valence-electron chi connectivity index (χ0n) is 10.8. The Morgan fingerprint density at radius 3 is 2.58 bits per heavy atom. The van der Waals surface area contributed by atoms with Crippen molar-refractivity contribution in [1.82, 2.24) is 0 Å². The van der Waals surface area contributed by atoms with E-state index in [2.05, 4.69) is 25.1 Å². The number of hydrogen-bond donors (Lipinski definition) is 1. The summed E-state index contributed by atoms with van der Waals surface area (Å²) < 4.78 is 0. The van der Waals surface area contributed by atoms with E-state index in [9.17, 15) is 5.11 Å². The molecule has 19 heavy (non-hydrogen) atoms. The van der Waals surface area contributed by atoms with E-state index in [0.29, 0.717) is 12.2 Å². The largest absolute Gasteiger partial charge is 0.392 e. The molecule has 0 aliphatic rings. The summed E-state index contributed by atoms with van der Waals surface area (Å²) in [6, 6.07) is 16.0. The maximum Gasteiger partial charge on any atom is 0.0674 e. The van der Waals surface area contributed by atoms with E-state index >= 15 is 0 Å². The normalized spacial score (nSPS) is 12.4. The first-order valence-electron chi connectivity index (χ1n) is 6.25. The van der Waals surface area contributed by atoms with Crippen molar-refractivity contribution in [3.63, 3.8) is 0 Å². The molecule has 2 rings (SSSR count). The summed E-state index contributed by atoms with van der Waals surface area (Å²) in [6.07, 6.45) is 0.322. The van der Waals surface area contributed by atoms with Crippen LogP contribution in [-0.4, -0.2) is 17.0 Å². The molecule has 0 fully saturated rings. The lowest BCUT2D eigenvalue weighted by Crippen LogP contribution is -2.13. The summed E-state index contributed by atoms with van der Waals surface area (Å²) in [5, 5.41) is 10.8. The molecule has 1 atom stereocenters. The fourth-order valence-corrected chi connectivity index (χ4v) is 2.92. The average Bonchev–Trinajstić information content (AvgIpc) is 2.39. The molecule has 0 bridgehead atoms. The summed E-state index contributed by atoms with van der Waals surface area (Å²) in [6.45, 7) is 2.08. The molecule has 1 unspecified atom stereocenters. The van der Waals surface area contributed by atoms with Gasteiger partial charge in [-0.25, -0.2) is 0 Å². The molecule has 0 aromatic heterocycles. The Balaban J connectivity index is 1.84. The number of aliphatic hydroxyl groups is 1. The Bertz CT molecular complexity index is 525. The van der Waals surface area contributed by atoms with Crippen LogP contribution < -0.4 is 0 Å². The van der Waals surface area contributed by atoms with Crippen LogP contribution in [0.3, 0.4) is 0 Å². The van der Waals surface area contributed by atoms with Gasteiger partial charge in [0, 0.05) is 15.7 Å². The van der Waals surface area contributed by atoms with Crippen molar-refractivity contribution >= 4 is 23.4 Å². The average molecular weight is 293 g/mol. The third kappa shape index (κ3) is 4.90. The van der Waals surface area contributed by atoms with Crippen molar-refractivity contribution in [2.24, 2.45) is 0 Å². The van der Waals surface area contributed by atoms with Crippen LogP contribution in [-0.2, 0) is 6.42 Å². The Kier molecular flexibility index (Phi) is 5.32. The molecule has 0 amide bonds. The van der Waals surface area contributed by atoms with Crippen LogP contribution in [0.25, 0.3) is 0 Å². The van der Waals surface area contributed by atoms with Gasteiger partial charge < -0.3 is 5.11 Å². The predicted octanol–water partition coefficient (Wildman–Crippen LogP) is 4.34. The van der Waals surface area contributed by atoms with Crippen LogP contribution in [0.2, 0.25) is 5.02 Å². The van der Waals surface area contributed by atoms with Gasteiger partial charge in [0.2, 0.25) is 0 Å². The van der Waals surface area contributed by atoms with Gasteiger partial charge in [-0.3, -0.25) is 0 Å². The maximum absolute atomic E-state index is 10.0. The summed E-state index contributed by atoms with van der Waals surface area (Å²) in [4.78, 5) is 1.20. The number of halogens is 1. The lowest BCUT2D eigenvalue weighted by atomic mass is 10.1. The van der Waals surface area contributed by atoms with Gasteiger partial charge >= 0.3 is 0 Å². The van der Waals surface area contributed by atoms with Crippen molar-refractivity contribution in [2.75, 3.05) is 5.75 Å². The number of benzene rings is 2. The molecule has 0 saturated heterocycles. The first-order chi connectivity index (χ1) is 9.13. The van der Waals surface area contributed by atoms with E-state index in [-0.39, 0.29) is 6.10 Å². The van der Waals surface area contributed by atoms with Gasteiger partial charge in [-0.05, 0) is 43.2 Å². The van der Waals surface area contributed by atoms with Gasteiger partial charge in [0.25, 0.3) is 0 Å². The van der Waals surface area contributed by atoms with Crippen LogP contribution >= 0.6 is 23.4 Å². The van der Waals surface area contributed by atoms with Crippen LogP contribution in [0.5, 0.6) is 0 Å². The van der Waals surface area contributed by atoms with Crippen molar-refractivity contribution in [1.29, 1.82) is 0 Å². The molecular formula is C16H17ClOS. The molecule has 2 aromatic carbocycles. The van der Waals surface area contributed by atoms with E-state index in [1.807, 2.05) is 30.3 Å². The second kappa shape index (κ2) is 6.99. The van der Waals surface area contributed by atoms with E-state index in [0.717, 1.165) is 10.6 Å². The van der Waals surface area contributed by atoms with Crippen molar-refractivity contribution in [2.45, 2.75) is 24.3 Å². The minimum absolute atomic E-state index is 0.341. The fraction of sp³-hybridized carbons (Fsp3) is 0.250. The summed E-state index contributed by atoms with van der Waals surface area (Å²) >= 11 is 7.53. The molecule has 0 spiro atoms. The zero-order chi connectivity index (χ0) is 13.7. The minimum atomic E-state index is -0.341. The van der Waals surface area contributed by atoms with Crippen molar-refractivity contribution in [3.8, 4) is 0 Å². The molecule has 0 heterocycles. The predicted molar refractivity (Wildman–Crippen MR) is 83.1 cm³/mol. The second-order valence-corrected chi connectivity index (χ2v) is 6.14. The van der Waals surface area contributed by atoms with Crippen molar-refractivity contribution in [3.05, 3.63) is 64.7 Å². The lowest BCUT2D eigenvalue weighted by molar-refractivity contribution is 0.200. The van der Waals surface area contributed by atoms with Crippen LogP contribution in [0, 0.1) is 6.92 Å². The molecule has 0 aliphatic carbocycles. The molecule has 1 N–H and O–H groups in total. The number of thioether (sulfide) groups is 1. The zero-order valence-corrected chi connectivity index (χ0v) is 12.4. The second-order valence-electron chi connectivity index (χ2n) is 4.61. The molecule has 100 valence electrons. The van der Waals surface area contributed by atoms with Crippen LogP contribution in [0.15, 0.2) is 53.4 Å². The third-order valence-corrected chi connectivity index (χ3v) is 4.21. The highest BCUT2D eigenvalue weighted by Gasteiger charge is 2.06. The highest BCUT2D eigenvalue weighted by Crippen LogP contribution is 2.21. The van der Waals surface area contributed by atoms with Crippen LogP contribution in [0.4, 0.5) is 0 Å². The van der Waals surface area contributed by atoms with Gasteiger partial charge in [-0.1, -0.05) is 41.4 Å². The van der Waals surface area contributed by atoms with Gasteiger partial charge in [0.1, 0.15) is 0 Å². The van der Waals surface area contributed by atoms with E-state index in [4.69, 9.17) is 11.6 Å². The molecule has 1 nitrogen and oxygen atoms in total. The summed E-state index contributed by atoms with van der Waals surface area (Å²) in [7, 11) is 0. The minimum Gasteiger partial charge on any atom is -0.392 e. The molecule has 0 radical (unpaired) electrons. The topological polar surface area (TPSA) is 20.2 Å². The number of rotatable bonds is 5. The number of hydrogen-bond acceptors (Lipinski definition) is 2. The highest BCUT2D eigenvalue weighted by molar-refractivity contribution is 7.99. The first kappa shape index (κ1) is 14.4. The molecule has 3 heteroatoms. The smallest absolute Gasteiger partial charge is 0.0674 e. The highest BCUT2D eigenvalue weighted by atomic mass is 35.5. The Morgan fingerprint density at radius 2 is 1.89 bits per heavy atom. The standard InChI is InChI=1S/C16H17ClOS/c1-12-3-2-4-16(9-12)19-11-15(18)10-13-5-7-14(17)8-6-13/h2-9,15,18H,10-11H2,1H3. The van der Waals surface area contributed by atoms with E-state index in [1.54, 1.807) is 11.8 Å². The van der Waals surface area contributed by atoms with Crippen LogP contribution in [0.1, 0.15) is 11.1 Å². The Hall–Kier alpha value is -0.960. The monoisotopic (exact) mass is 292 g/mol. The maximum atomic E-state index is 10.0. The van der Waals surface area contributed by atoms with Crippen molar-refractivity contribution < 1.29 is 5.11 Å².